The van der Waals surface area contributed by atoms with E-state index in [4.69, 9.17) is 0 Å². The lowest BCUT2D eigenvalue weighted by Gasteiger charge is -2.11. The first-order valence-electron chi connectivity index (χ1n) is 5.53. The highest BCUT2D eigenvalue weighted by molar-refractivity contribution is 5.37. The summed E-state index contributed by atoms with van der Waals surface area (Å²) in [6.07, 6.45) is 6.53. The third-order valence-electron chi connectivity index (χ3n) is 2.14. The Labute approximate surface area is 95.1 Å². The van der Waals surface area contributed by atoms with E-state index in [9.17, 15) is 0 Å². The van der Waals surface area contributed by atoms with Crippen molar-refractivity contribution in [3.8, 4) is 0 Å². The summed E-state index contributed by atoms with van der Waals surface area (Å²) in [6.45, 7) is 16.8. The van der Waals surface area contributed by atoms with Crippen LogP contribution in [-0.4, -0.2) is 0 Å². The molecule has 0 aliphatic carbocycles. The molecular weight excluding hydrogens is 180 g/mol. The summed E-state index contributed by atoms with van der Waals surface area (Å²) >= 11 is 0. The van der Waals surface area contributed by atoms with Gasteiger partial charge in [0.1, 0.15) is 0 Å². The second-order valence-corrected chi connectivity index (χ2v) is 4.69. The minimum atomic E-state index is 0.552. The lowest BCUT2D eigenvalue weighted by molar-refractivity contribution is 0.777. The van der Waals surface area contributed by atoms with Gasteiger partial charge in [0.05, 0.1) is 0 Å². The fraction of sp³-hybridized carbons (Fsp3) is 0.467. The molecular formula is C15H24. The zero-order valence-corrected chi connectivity index (χ0v) is 11.0. The van der Waals surface area contributed by atoms with Crippen molar-refractivity contribution in [1.29, 1.82) is 0 Å². The summed E-state index contributed by atoms with van der Waals surface area (Å²) in [6, 6.07) is 0. The van der Waals surface area contributed by atoms with E-state index in [1.165, 1.54) is 16.7 Å². The van der Waals surface area contributed by atoms with Gasteiger partial charge in [-0.05, 0) is 44.8 Å². The highest BCUT2D eigenvalue weighted by atomic mass is 14.1. The molecule has 84 valence electrons. The minimum Gasteiger partial charge on any atom is -0.0961 e. The van der Waals surface area contributed by atoms with Crippen LogP contribution in [0.1, 0.15) is 41.5 Å². The van der Waals surface area contributed by atoms with Gasteiger partial charge >= 0.3 is 0 Å². The fourth-order valence-electron chi connectivity index (χ4n) is 1.49. The van der Waals surface area contributed by atoms with Crippen LogP contribution in [-0.2, 0) is 0 Å². The van der Waals surface area contributed by atoms with Crippen molar-refractivity contribution in [3.63, 3.8) is 0 Å². The summed E-state index contributed by atoms with van der Waals surface area (Å²) in [7, 11) is 0. The molecule has 0 aliphatic heterocycles. The number of allylic oxidation sites excluding steroid dienone is 7. The molecule has 0 aromatic rings. The zero-order valence-electron chi connectivity index (χ0n) is 11.0. The van der Waals surface area contributed by atoms with Gasteiger partial charge in [0.25, 0.3) is 0 Å². The van der Waals surface area contributed by atoms with E-state index in [1.807, 2.05) is 6.92 Å². The van der Waals surface area contributed by atoms with Crippen LogP contribution in [0.4, 0.5) is 0 Å². The van der Waals surface area contributed by atoms with E-state index >= 15 is 0 Å². The van der Waals surface area contributed by atoms with E-state index in [-0.39, 0.29) is 0 Å². The van der Waals surface area contributed by atoms with Crippen molar-refractivity contribution < 1.29 is 0 Å². The van der Waals surface area contributed by atoms with Gasteiger partial charge in [-0.1, -0.05) is 49.8 Å². The van der Waals surface area contributed by atoms with Crippen LogP contribution < -0.4 is 0 Å². The lowest BCUT2D eigenvalue weighted by Crippen LogP contribution is -1.95. The van der Waals surface area contributed by atoms with Crippen molar-refractivity contribution in [3.05, 3.63) is 47.1 Å². The van der Waals surface area contributed by atoms with Crippen molar-refractivity contribution in [1.82, 2.24) is 0 Å². The summed E-state index contributed by atoms with van der Waals surface area (Å²) in [5.74, 6) is 0.552. The lowest BCUT2D eigenvalue weighted by atomic mass is 9.94. The summed E-state index contributed by atoms with van der Waals surface area (Å²) in [4.78, 5) is 0. The second kappa shape index (κ2) is 6.44. The van der Waals surface area contributed by atoms with Crippen molar-refractivity contribution in [2.24, 2.45) is 5.92 Å². The Balaban J connectivity index is 5.07. The minimum absolute atomic E-state index is 0.552. The Morgan fingerprint density at radius 2 is 1.53 bits per heavy atom. The van der Waals surface area contributed by atoms with Gasteiger partial charge < -0.3 is 0 Å². The monoisotopic (exact) mass is 204 g/mol. The van der Waals surface area contributed by atoms with Crippen LogP contribution in [0, 0.1) is 5.92 Å². The Hall–Kier alpha value is -1.04. The highest BCUT2D eigenvalue weighted by Gasteiger charge is 2.04. The summed E-state index contributed by atoms with van der Waals surface area (Å²) < 4.78 is 0. The first-order chi connectivity index (χ1) is 6.84. The van der Waals surface area contributed by atoms with Crippen LogP contribution in [0.5, 0.6) is 0 Å². The predicted molar refractivity (Wildman–Crippen MR) is 70.9 cm³/mol. The van der Waals surface area contributed by atoms with Crippen LogP contribution >= 0.6 is 0 Å². The van der Waals surface area contributed by atoms with Gasteiger partial charge in [0.2, 0.25) is 0 Å². The topological polar surface area (TPSA) is 0 Å². The Morgan fingerprint density at radius 1 is 1.00 bits per heavy atom. The van der Waals surface area contributed by atoms with Crippen LogP contribution in [0.25, 0.3) is 0 Å². The first kappa shape index (κ1) is 14.0. The molecule has 15 heavy (non-hydrogen) atoms. The molecule has 0 amide bonds. The molecule has 0 unspecified atom stereocenters. The van der Waals surface area contributed by atoms with Crippen molar-refractivity contribution in [2.45, 2.75) is 41.5 Å². The molecule has 0 bridgehead atoms. The molecule has 0 fully saturated rings. The molecule has 0 N–H and O–H groups in total. The van der Waals surface area contributed by atoms with Gasteiger partial charge in [-0.25, -0.2) is 0 Å². The van der Waals surface area contributed by atoms with E-state index < -0.39 is 0 Å². The molecule has 0 saturated carbocycles. The largest absolute Gasteiger partial charge is 0.0961 e. The number of hydrogen-bond acceptors (Lipinski definition) is 0. The standard InChI is InChI=1S/C15H24/c1-11(2)8-9-15(13(5)6)14(7)10-12(3)4/h8-10,13H,3H2,1-2,4-7H3/b14-10-,15-9+. The molecule has 0 rings (SSSR count). The van der Waals surface area contributed by atoms with E-state index in [0.29, 0.717) is 5.92 Å². The quantitative estimate of drug-likeness (QED) is 0.562. The Morgan fingerprint density at radius 3 is 1.87 bits per heavy atom. The number of hydrogen-bond donors (Lipinski definition) is 0. The fourth-order valence-corrected chi connectivity index (χ4v) is 1.49. The molecule has 0 heteroatoms. The van der Waals surface area contributed by atoms with Crippen molar-refractivity contribution >= 4 is 0 Å². The molecule has 0 atom stereocenters. The summed E-state index contributed by atoms with van der Waals surface area (Å²) in [5.41, 5.74) is 5.14. The highest BCUT2D eigenvalue weighted by Crippen LogP contribution is 2.20. The van der Waals surface area contributed by atoms with Crippen molar-refractivity contribution in [2.75, 3.05) is 0 Å². The maximum absolute atomic E-state index is 3.91. The molecule has 0 aromatic heterocycles. The van der Waals surface area contributed by atoms with Gasteiger partial charge in [-0.3, -0.25) is 0 Å². The van der Waals surface area contributed by atoms with Crippen LogP contribution in [0.15, 0.2) is 47.1 Å². The third-order valence-corrected chi connectivity index (χ3v) is 2.14. The van der Waals surface area contributed by atoms with Gasteiger partial charge in [0, 0.05) is 0 Å². The molecule has 0 radical (unpaired) electrons. The molecule has 0 saturated heterocycles. The normalized spacial score (nSPS) is 13.0. The third kappa shape index (κ3) is 6.11. The smallest absolute Gasteiger partial charge is 0.0216 e. The molecule has 0 aromatic carbocycles. The van der Waals surface area contributed by atoms with E-state index in [2.05, 4.69) is 59.4 Å². The predicted octanol–water partition coefficient (Wildman–Crippen LogP) is 5.06. The second-order valence-electron chi connectivity index (χ2n) is 4.69. The average Bonchev–Trinajstić information content (AvgIpc) is 2.01. The van der Waals surface area contributed by atoms with Gasteiger partial charge in [-0.15, -0.1) is 0 Å². The summed E-state index contributed by atoms with van der Waals surface area (Å²) in [5, 5.41) is 0. The average molecular weight is 204 g/mol. The maximum atomic E-state index is 3.91. The first-order valence-corrected chi connectivity index (χ1v) is 5.53. The SMILES string of the molecule is C=C(C)/C=C(C)\C(=C\C=C(C)C)C(C)C. The van der Waals surface area contributed by atoms with Crippen LogP contribution in [0.3, 0.4) is 0 Å². The maximum Gasteiger partial charge on any atom is -0.0216 e. The molecule has 0 spiro atoms. The van der Waals surface area contributed by atoms with E-state index in [1.54, 1.807) is 0 Å². The molecule has 0 aliphatic rings. The Bertz CT molecular complexity index is 305. The molecule has 0 heterocycles. The van der Waals surface area contributed by atoms with E-state index in [0.717, 1.165) is 5.57 Å². The Kier molecular flexibility index (Phi) is 6.00. The van der Waals surface area contributed by atoms with Crippen LogP contribution in [0.2, 0.25) is 0 Å². The van der Waals surface area contributed by atoms with Gasteiger partial charge in [0.15, 0.2) is 0 Å². The number of rotatable bonds is 4. The molecule has 0 nitrogen and oxygen atoms in total. The van der Waals surface area contributed by atoms with Gasteiger partial charge in [-0.2, -0.15) is 0 Å². The zero-order chi connectivity index (χ0) is 12.0.